The van der Waals surface area contributed by atoms with Crippen LogP contribution in [0.2, 0.25) is 0 Å². The van der Waals surface area contributed by atoms with Crippen molar-refractivity contribution in [3.63, 3.8) is 0 Å². The van der Waals surface area contributed by atoms with Crippen LogP contribution in [-0.4, -0.2) is 41.1 Å². The summed E-state index contributed by atoms with van der Waals surface area (Å²) in [5.74, 6) is 0.537. The number of hydrogen-bond acceptors (Lipinski definition) is 8. The molecule has 3 N–H and O–H groups in total. The van der Waals surface area contributed by atoms with E-state index in [0.717, 1.165) is 6.20 Å². The zero-order valence-electron chi connectivity index (χ0n) is 15.3. The lowest BCUT2D eigenvalue weighted by Gasteiger charge is -2.24. The Kier molecular flexibility index (Phi) is 5.21. The van der Waals surface area contributed by atoms with Gasteiger partial charge < -0.3 is 20.3 Å². The smallest absolute Gasteiger partial charge is 0.236 e. The van der Waals surface area contributed by atoms with Crippen molar-refractivity contribution < 1.29 is 19.0 Å². The van der Waals surface area contributed by atoms with Gasteiger partial charge >= 0.3 is 0 Å². The second-order valence-electron chi connectivity index (χ2n) is 6.08. The lowest BCUT2D eigenvalue weighted by atomic mass is 10.2. The highest BCUT2D eigenvalue weighted by molar-refractivity contribution is 5.79. The Hall–Kier alpha value is -3.72. The van der Waals surface area contributed by atoms with Gasteiger partial charge in [0.2, 0.25) is 5.95 Å². The number of nitrogen functional groups attached to an aromatic ring is 1. The van der Waals surface area contributed by atoms with Gasteiger partial charge in [0.05, 0.1) is 18.5 Å². The van der Waals surface area contributed by atoms with Crippen molar-refractivity contribution in [3.05, 3.63) is 54.5 Å². The molecule has 1 aliphatic rings. The van der Waals surface area contributed by atoms with Crippen LogP contribution in [0.25, 0.3) is 0 Å². The topological polar surface area (TPSA) is 106 Å². The number of fused-ring (bicyclic) bond motifs is 1. The van der Waals surface area contributed by atoms with Gasteiger partial charge in [0.1, 0.15) is 30.4 Å². The zero-order valence-corrected chi connectivity index (χ0v) is 15.3. The number of aliphatic hydroxyl groups excluding tert-OH is 1. The van der Waals surface area contributed by atoms with E-state index in [9.17, 15) is 4.39 Å². The number of aliphatic hydroxyl groups is 1. The van der Waals surface area contributed by atoms with Crippen molar-refractivity contribution in [2.45, 2.75) is 0 Å². The molecule has 3 aromatic rings. The molecule has 1 aromatic heterocycles. The van der Waals surface area contributed by atoms with E-state index in [-0.39, 0.29) is 25.0 Å². The number of halogens is 1. The first-order chi connectivity index (χ1) is 14.2. The van der Waals surface area contributed by atoms with Crippen molar-refractivity contribution in [2.24, 2.45) is 4.99 Å². The predicted molar refractivity (Wildman–Crippen MR) is 107 cm³/mol. The summed E-state index contributed by atoms with van der Waals surface area (Å²) in [6.45, 7) is 0.542. The predicted octanol–water partition coefficient (Wildman–Crippen LogP) is 3.13. The number of aliphatic imine (C=N–C) groups is 1. The van der Waals surface area contributed by atoms with E-state index in [2.05, 4.69) is 15.0 Å². The minimum absolute atomic E-state index is 0.0751. The zero-order chi connectivity index (χ0) is 20.2. The highest BCUT2D eigenvalue weighted by atomic mass is 19.1. The number of aromatic nitrogens is 2. The van der Waals surface area contributed by atoms with E-state index in [1.165, 1.54) is 0 Å². The number of ether oxygens (including phenoxy) is 2. The number of nitrogens with zero attached hydrogens (tertiary/aromatic N) is 4. The van der Waals surface area contributed by atoms with Crippen LogP contribution in [0.5, 0.6) is 11.5 Å². The molecule has 2 aromatic carbocycles. The van der Waals surface area contributed by atoms with E-state index in [1.54, 1.807) is 41.4 Å². The molecule has 4 rings (SSSR count). The Morgan fingerprint density at radius 2 is 1.97 bits per heavy atom. The molecule has 8 nitrogen and oxygen atoms in total. The third-order valence-corrected chi connectivity index (χ3v) is 4.16. The van der Waals surface area contributed by atoms with Gasteiger partial charge in [0.15, 0.2) is 11.6 Å². The summed E-state index contributed by atoms with van der Waals surface area (Å²) in [5, 5.41) is 8.90. The Bertz CT molecular complexity index is 1040. The number of benzene rings is 2. The molecule has 0 fully saturated rings. The monoisotopic (exact) mass is 395 g/mol. The van der Waals surface area contributed by atoms with E-state index < -0.39 is 5.82 Å². The van der Waals surface area contributed by atoms with Gasteiger partial charge in [0, 0.05) is 11.9 Å². The molecule has 9 heteroatoms. The number of nitrogens with two attached hydrogens (primary N) is 1. The van der Waals surface area contributed by atoms with Crippen molar-refractivity contribution in [3.8, 4) is 11.5 Å². The fourth-order valence-electron chi connectivity index (χ4n) is 2.84. The molecule has 0 amide bonds. The van der Waals surface area contributed by atoms with Crippen LogP contribution >= 0.6 is 0 Å². The van der Waals surface area contributed by atoms with Gasteiger partial charge in [-0.05, 0) is 42.5 Å². The highest BCUT2D eigenvalue weighted by Gasteiger charge is 2.19. The first-order valence-electron chi connectivity index (χ1n) is 8.87. The second-order valence-corrected chi connectivity index (χ2v) is 6.08. The molecule has 0 unspecified atom stereocenters. The molecule has 0 spiro atoms. The maximum Gasteiger partial charge on any atom is 0.236 e. The van der Waals surface area contributed by atoms with Crippen molar-refractivity contribution in [2.75, 3.05) is 30.5 Å². The van der Waals surface area contributed by atoms with Crippen molar-refractivity contribution >= 4 is 35.0 Å². The van der Waals surface area contributed by atoms with Crippen LogP contribution in [0.3, 0.4) is 0 Å². The SMILES string of the molecule is Nc1nc(N(c2ccc(OCCO)cc2)c2ccc3c(c2)N=CCO3)ncc1F. The molecule has 0 aliphatic carbocycles. The van der Waals surface area contributed by atoms with Crippen LogP contribution in [-0.2, 0) is 0 Å². The first kappa shape index (κ1) is 18.6. The standard InChI is InChI=1S/C20H18FN5O3/c21-16-12-24-20(25-19(16)22)26(13-1-4-15(5-2-13)28-10-8-27)14-3-6-18-17(11-14)23-7-9-29-18/h1-7,11-12,27H,8-10H2,(H2,22,24,25). The second kappa shape index (κ2) is 8.11. The molecule has 0 bridgehead atoms. The summed E-state index contributed by atoms with van der Waals surface area (Å²) in [5.41, 5.74) is 7.73. The molecule has 0 saturated heterocycles. The quantitative estimate of drug-likeness (QED) is 0.660. The Morgan fingerprint density at radius 1 is 1.17 bits per heavy atom. The largest absolute Gasteiger partial charge is 0.491 e. The lowest BCUT2D eigenvalue weighted by molar-refractivity contribution is 0.201. The average molecular weight is 395 g/mol. The van der Waals surface area contributed by atoms with Gasteiger partial charge in [-0.15, -0.1) is 0 Å². The van der Waals surface area contributed by atoms with Crippen molar-refractivity contribution in [1.29, 1.82) is 0 Å². The molecule has 0 atom stereocenters. The molecule has 1 aliphatic heterocycles. The normalized spacial score (nSPS) is 12.2. The lowest BCUT2D eigenvalue weighted by Crippen LogP contribution is -2.15. The van der Waals surface area contributed by atoms with E-state index in [1.807, 2.05) is 12.1 Å². The van der Waals surface area contributed by atoms with Gasteiger partial charge in [-0.1, -0.05) is 0 Å². The van der Waals surface area contributed by atoms with E-state index >= 15 is 0 Å². The third kappa shape index (κ3) is 3.94. The van der Waals surface area contributed by atoms with Crippen LogP contribution in [0, 0.1) is 5.82 Å². The summed E-state index contributed by atoms with van der Waals surface area (Å²) in [6, 6.07) is 12.6. The molecule has 29 heavy (non-hydrogen) atoms. The van der Waals surface area contributed by atoms with Crippen LogP contribution in [0.4, 0.5) is 33.2 Å². The summed E-state index contributed by atoms with van der Waals surface area (Å²) < 4.78 is 24.6. The van der Waals surface area contributed by atoms with E-state index in [4.69, 9.17) is 20.3 Å². The summed E-state index contributed by atoms with van der Waals surface area (Å²) >= 11 is 0. The summed E-state index contributed by atoms with van der Waals surface area (Å²) in [7, 11) is 0. The van der Waals surface area contributed by atoms with Gasteiger partial charge in [-0.2, -0.15) is 4.98 Å². The number of anilines is 4. The summed E-state index contributed by atoms with van der Waals surface area (Å²) in [6.07, 6.45) is 2.71. The van der Waals surface area contributed by atoms with Crippen LogP contribution < -0.4 is 20.1 Å². The molecule has 148 valence electrons. The van der Waals surface area contributed by atoms with Crippen molar-refractivity contribution in [1.82, 2.24) is 9.97 Å². The average Bonchev–Trinajstić information content (AvgIpc) is 2.76. The van der Waals surface area contributed by atoms with E-state index in [0.29, 0.717) is 35.2 Å². The maximum absolute atomic E-state index is 13.6. The van der Waals surface area contributed by atoms with Gasteiger partial charge in [0.25, 0.3) is 0 Å². The first-order valence-corrected chi connectivity index (χ1v) is 8.87. The molecule has 0 radical (unpaired) electrons. The minimum atomic E-state index is -0.690. The fourth-order valence-corrected chi connectivity index (χ4v) is 2.84. The number of rotatable bonds is 6. The van der Waals surface area contributed by atoms with Gasteiger partial charge in [-0.25, -0.2) is 9.37 Å². The maximum atomic E-state index is 13.6. The molecular weight excluding hydrogens is 377 g/mol. The van der Waals surface area contributed by atoms with Crippen LogP contribution in [0.1, 0.15) is 0 Å². The Morgan fingerprint density at radius 3 is 2.72 bits per heavy atom. The Balaban J connectivity index is 1.77. The molecule has 2 heterocycles. The fraction of sp³-hybridized carbons (Fsp3) is 0.150. The molecule has 0 saturated carbocycles. The van der Waals surface area contributed by atoms with Crippen LogP contribution in [0.15, 0.2) is 53.7 Å². The Labute approximate surface area is 166 Å². The van der Waals surface area contributed by atoms with Gasteiger partial charge in [-0.3, -0.25) is 9.89 Å². The number of hydrogen-bond donors (Lipinski definition) is 2. The minimum Gasteiger partial charge on any atom is -0.491 e. The summed E-state index contributed by atoms with van der Waals surface area (Å²) in [4.78, 5) is 14.3. The molecular formula is C20H18FN5O3. The highest BCUT2D eigenvalue weighted by Crippen LogP contribution is 2.39. The third-order valence-electron chi connectivity index (χ3n) is 4.16.